The zero-order chi connectivity index (χ0) is 18.4. The number of rotatable bonds is 6. The number of nitrogens with one attached hydrogen (secondary N) is 1. The van der Waals surface area contributed by atoms with Gasteiger partial charge in [-0.3, -0.25) is 0 Å². The summed E-state index contributed by atoms with van der Waals surface area (Å²) in [5.41, 5.74) is 3.22. The number of aromatic nitrogens is 3. The van der Waals surface area contributed by atoms with E-state index < -0.39 is 11.9 Å². The fourth-order valence-corrected chi connectivity index (χ4v) is 2.10. The Bertz CT molecular complexity index is 811. The maximum atomic E-state index is 11.8. The lowest BCUT2D eigenvalue weighted by atomic mass is 10.1. The van der Waals surface area contributed by atoms with E-state index in [0.717, 1.165) is 29.4 Å². The molecule has 0 aliphatic rings. The number of hydrogen-bond acceptors (Lipinski definition) is 7. The molecular formula is C17H20N4O4. The summed E-state index contributed by atoms with van der Waals surface area (Å²) in [6, 6.07) is 5.46. The third-order valence-electron chi connectivity index (χ3n) is 3.51. The first-order valence-corrected chi connectivity index (χ1v) is 7.65. The van der Waals surface area contributed by atoms with Crippen molar-refractivity contribution in [1.82, 2.24) is 15.0 Å². The molecule has 132 valence electrons. The maximum absolute atomic E-state index is 11.8. The van der Waals surface area contributed by atoms with Gasteiger partial charge in [0.05, 0.1) is 37.9 Å². The average molecular weight is 344 g/mol. The number of carbonyl (C=O) groups excluding carboxylic acids is 2. The zero-order valence-corrected chi connectivity index (χ0v) is 14.6. The molecule has 0 saturated heterocycles. The van der Waals surface area contributed by atoms with Gasteiger partial charge in [0.15, 0.2) is 0 Å². The van der Waals surface area contributed by atoms with E-state index >= 15 is 0 Å². The number of methoxy groups -OCH3 is 2. The van der Waals surface area contributed by atoms with Crippen molar-refractivity contribution in [2.45, 2.75) is 20.3 Å². The van der Waals surface area contributed by atoms with Crippen molar-refractivity contribution < 1.29 is 19.1 Å². The molecule has 25 heavy (non-hydrogen) atoms. The minimum absolute atomic E-state index is 0.0306. The van der Waals surface area contributed by atoms with Gasteiger partial charge in [0, 0.05) is 5.69 Å². The van der Waals surface area contributed by atoms with Crippen LogP contribution in [0.3, 0.4) is 0 Å². The molecule has 8 nitrogen and oxygen atoms in total. The highest BCUT2D eigenvalue weighted by Gasteiger charge is 2.14. The van der Waals surface area contributed by atoms with E-state index in [1.807, 2.05) is 26.1 Å². The van der Waals surface area contributed by atoms with E-state index in [4.69, 9.17) is 0 Å². The lowest BCUT2D eigenvalue weighted by Gasteiger charge is -2.12. The van der Waals surface area contributed by atoms with Crippen LogP contribution in [0.25, 0.3) is 5.69 Å². The predicted molar refractivity (Wildman–Crippen MR) is 91.2 cm³/mol. The quantitative estimate of drug-likeness (QED) is 0.630. The van der Waals surface area contributed by atoms with E-state index in [-0.39, 0.29) is 5.70 Å². The molecule has 0 aliphatic heterocycles. The number of hydrogen-bond donors (Lipinski definition) is 1. The Kier molecular flexibility index (Phi) is 5.89. The fourth-order valence-electron chi connectivity index (χ4n) is 2.10. The number of ether oxygens (including phenoxy) is 2. The number of aryl methyl sites for hydroxylation is 2. The van der Waals surface area contributed by atoms with Gasteiger partial charge in [-0.25, -0.2) is 14.3 Å². The van der Waals surface area contributed by atoms with Crippen LogP contribution in [0.15, 0.2) is 36.2 Å². The van der Waals surface area contributed by atoms with Gasteiger partial charge >= 0.3 is 11.9 Å². The van der Waals surface area contributed by atoms with Crippen LogP contribution < -0.4 is 5.32 Å². The lowest BCUT2D eigenvalue weighted by Crippen LogP contribution is -2.15. The van der Waals surface area contributed by atoms with Crippen LogP contribution in [0.5, 0.6) is 0 Å². The smallest absolute Gasteiger partial charge is 0.354 e. The summed E-state index contributed by atoms with van der Waals surface area (Å²) >= 11 is 0. The molecule has 8 heteroatoms. The topological polar surface area (TPSA) is 95.3 Å². The van der Waals surface area contributed by atoms with Gasteiger partial charge in [0.2, 0.25) is 0 Å². The number of nitrogens with zero attached hydrogens (tertiary/aromatic N) is 3. The number of esters is 2. The van der Waals surface area contributed by atoms with E-state index in [1.165, 1.54) is 14.2 Å². The van der Waals surface area contributed by atoms with E-state index in [0.29, 0.717) is 5.69 Å². The summed E-state index contributed by atoms with van der Waals surface area (Å²) in [5.74, 6) is -1.34. The van der Waals surface area contributed by atoms with E-state index in [1.54, 1.807) is 16.8 Å². The summed E-state index contributed by atoms with van der Waals surface area (Å²) < 4.78 is 10.9. The molecule has 1 heterocycles. The van der Waals surface area contributed by atoms with Gasteiger partial charge in [-0.1, -0.05) is 18.2 Å². The summed E-state index contributed by atoms with van der Waals surface area (Å²) in [4.78, 5) is 23.3. The van der Waals surface area contributed by atoms with Crippen molar-refractivity contribution in [3.8, 4) is 5.69 Å². The molecule has 0 amide bonds. The second-order valence-electron chi connectivity index (χ2n) is 5.21. The fraction of sp³-hybridized carbons (Fsp3) is 0.294. The van der Waals surface area contributed by atoms with Crippen LogP contribution in [0, 0.1) is 6.92 Å². The first-order chi connectivity index (χ1) is 12.0. The highest BCUT2D eigenvalue weighted by atomic mass is 16.5. The summed E-state index contributed by atoms with van der Waals surface area (Å²) in [5, 5.41) is 11.1. The number of carbonyl (C=O) groups is 2. The molecule has 0 atom stereocenters. The van der Waals surface area contributed by atoms with E-state index in [9.17, 15) is 9.59 Å². The molecule has 0 saturated carbocycles. The summed E-state index contributed by atoms with van der Waals surface area (Å²) in [6.45, 7) is 3.94. The van der Waals surface area contributed by atoms with Crippen molar-refractivity contribution in [1.29, 1.82) is 0 Å². The third kappa shape index (κ3) is 4.43. The van der Waals surface area contributed by atoms with Crippen molar-refractivity contribution in [3.63, 3.8) is 0 Å². The van der Waals surface area contributed by atoms with Crippen molar-refractivity contribution in [3.05, 3.63) is 47.4 Å². The Morgan fingerprint density at radius 2 is 2.04 bits per heavy atom. The molecule has 0 unspecified atom stereocenters. The van der Waals surface area contributed by atoms with Gasteiger partial charge in [-0.15, -0.1) is 5.10 Å². The van der Waals surface area contributed by atoms with Crippen molar-refractivity contribution >= 4 is 17.6 Å². The van der Waals surface area contributed by atoms with Crippen molar-refractivity contribution in [2.24, 2.45) is 0 Å². The standard InChI is InChI=1S/C17H20N4O4/c1-5-12-10-21(20-19-12)15-8-13(7-6-11(15)2)18-14(17(23)25-4)9-16(22)24-3/h6-10,18H,5H2,1-4H3/b14-9+. The van der Waals surface area contributed by atoms with Crippen molar-refractivity contribution in [2.75, 3.05) is 19.5 Å². The van der Waals surface area contributed by atoms with Crippen LogP contribution in [-0.2, 0) is 25.5 Å². The first-order valence-electron chi connectivity index (χ1n) is 7.65. The molecule has 2 rings (SSSR count). The van der Waals surface area contributed by atoms with E-state index in [2.05, 4.69) is 25.1 Å². The maximum Gasteiger partial charge on any atom is 0.354 e. The highest BCUT2D eigenvalue weighted by molar-refractivity contribution is 5.98. The Morgan fingerprint density at radius 1 is 1.28 bits per heavy atom. The van der Waals surface area contributed by atoms with Crippen LogP contribution >= 0.6 is 0 Å². The van der Waals surface area contributed by atoms with Gasteiger partial charge in [0.1, 0.15) is 5.70 Å². The van der Waals surface area contributed by atoms with Crippen LogP contribution in [-0.4, -0.2) is 41.2 Å². The molecule has 0 bridgehead atoms. The average Bonchev–Trinajstić information content (AvgIpc) is 3.10. The SMILES string of the molecule is CCc1cn(-c2cc(N/C(=C/C(=O)OC)C(=O)OC)ccc2C)nn1. The second kappa shape index (κ2) is 8.09. The lowest BCUT2D eigenvalue weighted by molar-refractivity contribution is -0.138. The normalized spacial score (nSPS) is 11.1. The first kappa shape index (κ1) is 18.2. The molecular weight excluding hydrogens is 324 g/mol. The predicted octanol–water partition coefficient (Wildman–Crippen LogP) is 1.78. The van der Waals surface area contributed by atoms with Gasteiger partial charge in [-0.05, 0) is 31.0 Å². The monoisotopic (exact) mass is 344 g/mol. The molecule has 0 fully saturated rings. The molecule has 0 spiro atoms. The zero-order valence-electron chi connectivity index (χ0n) is 14.6. The second-order valence-corrected chi connectivity index (χ2v) is 5.21. The van der Waals surface area contributed by atoms with Crippen LogP contribution in [0.4, 0.5) is 5.69 Å². The largest absolute Gasteiger partial charge is 0.466 e. The summed E-state index contributed by atoms with van der Waals surface area (Å²) in [6.07, 6.45) is 3.67. The molecule has 0 radical (unpaired) electrons. The summed E-state index contributed by atoms with van der Waals surface area (Å²) in [7, 11) is 2.46. The van der Waals surface area contributed by atoms with Gasteiger partial charge in [0.25, 0.3) is 0 Å². The third-order valence-corrected chi connectivity index (χ3v) is 3.51. The van der Waals surface area contributed by atoms with Crippen LogP contribution in [0.1, 0.15) is 18.2 Å². The van der Waals surface area contributed by atoms with Crippen LogP contribution in [0.2, 0.25) is 0 Å². The highest BCUT2D eigenvalue weighted by Crippen LogP contribution is 2.20. The Balaban J connectivity index is 2.35. The number of anilines is 1. The molecule has 0 aliphatic carbocycles. The van der Waals surface area contributed by atoms with Gasteiger partial charge in [-0.2, -0.15) is 0 Å². The molecule has 1 aromatic heterocycles. The minimum atomic E-state index is -0.679. The molecule has 2 aromatic rings. The Labute approximate surface area is 145 Å². The molecule has 1 aromatic carbocycles. The molecule has 1 N–H and O–H groups in total. The minimum Gasteiger partial charge on any atom is -0.466 e. The van der Waals surface area contributed by atoms with Gasteiger partial charge < -0.3 is 14.8 Å². The Hall–Kier alpha value is -3.16. The number of benzene rings is 1. The Morgan fingerprint density at radius 3 is 2.64 bits per heavy atom.